The van der Waals surface area contributed by atoms with Crippen molar-refractivity contribution in [2.45, 2.75) is 6.92 Å². The standard InChI is InChI=1S/C17H18ClN5O/c1-11-13-4-3-12(9-15(13)22(2)21-11)14-10-16(18)20-17(19-14)23-5-7-24-8-6-23/h3-4,9-10H,5-8H2,1-2H3. The molecule has 124 valence electrons. The Bertz CT molecular complexity index is 901. The summed E-state index contributed by atoms with van der Waals surface area (Å²) in [6.45, 7) is 4.94. The Morgan fingerprint density at radius 1 is 1.12 bits per heavy atom. The first-order valence-corrected chi connectivity index (χ1v) is 8.30. The predicted molar refractivity (Wildman–Crippen MR) is 94.5 cm³/mol. The molecule has 0 unspecified atom stereocenters. The highest BCUT2D eigenvalue weighted by Crippen LogP contribution is 2.27. The average Bonchev–Trinajstić information content (AvgIpc) is 2.89. The van der Waals surface area contributed by atoms with Crippen molar-refractivity contribution in [1.29, 1.82) is 0 Å². The second-order valence-corrected chi connectivity index (χ2v) is 6.30. The summed E-state index contributed by atoms with van der Waals surface area (Å²) in [6.07, 6.45) is 0. The third-order valence-corrected chi connectivity index (χ3v) is 4.50. The summed E-state index contributed by atoms with van der Waals surface area (Å²) in [5.41, 5.74) is 3.92. The first-order chi connectivity index (χ1) is 11.6. The van der Waals surface area contributed by atoms with Gasteiger partial charge >= 0.3 is 0 Å². The fourth-order valence-corrected chi connectivity index (χ4v) is 3.23. The van der Waals surface area contributed by atoms with Crippen LogP contribution in [0.3, 0.4) is 0 Å². The molecule has 0 radical (unpaired) electrons. The molecule has 1 aliphatic rings. The van der Waals surface area contributed by atoms with E-state index in [0.29, 0.717) is 24.3 Å². The minimum atomic E-state index is 0.447. The lowest BCUT2D eigenvalue weighted by Crippen LogP contribution is -2.37. The van der Waals surface area contributed by atoms with Crippen LogP contribution in [0.25, 0.3) is 22.2 Å². The summed E-state index contributed by atoms with van der Waals surface area (Å²) in [7, 11) is 1.95. The molecule has 1 fully saturated rings. The molecule has 0 N–H and O–H groups in total. The molecule has 2 aromatic heterocycles. The van der Waals surface area contributed by atoms with Crippen LogP contribution in [-0.4, -0.2) is 46.1 Å². The molecule has 0 aliphatic carbocycles. The maximum atomic E-state index is 6.25. The Balaban J connectivity index is 1.78. The van der Waals surface area contributed by atoms with Gasteiger partial charge in [0.25, 0.3) is 0 Å². The highest BCUT2D eigenvalue weighted by molar-refractivity contribution is 6.29. The van der Waals surface area contributed by atoms with Gasteiger partial charge in [-0.2, -0.15) is 5.10 Å². The fourth-order valence-electron chi connectivity index (χ4n) is 3.06. The molecule has 1 saturated heterocycles. The Morgan fingerprint density at radius 2 is 1.92 bits per heavy atom. The van der Waals surface area contributed by atoms with Crippen molar-refractivity contribution in [3.05, 3.63) is 35.1 Å². The second kappa shape index (κ2) is 6.03. The molecular weight excluding hydrogens is 326 g/mol. The van der Waals surface area contributed by atoms with Gasteiger partial charge in [-0.1, -0.05) is 23.7 Å². The lowest BCUT2D eigenvalue weighted by Gasteiger charge is -2.27. The van der Waals surface area contributed by atoms with E-state index in [1.54, 1.807) is 6.07 Å². The van der Waals surface area contributed by atoms with Crippen LogP contribution in [0.1, 0.15) is 5.69 Å². The van der Waals surface area contributed by atoms with Crippen LogP contribution >= 0.6 is 11.6 Å². The number of anilines is 1. The zero-order valence-electron chi connectivity index (χ0n) is 13.7. The number of nitrogens with zero attached hydrogens (tertiary/aromatic N) is 5. The number of fused-ring (bicyclic) bond motifs is 1. The molecule has 7 heteroatoms. The Morgan fingerprint density at radius 3 is 2.71 bits per heavy atom. The number of hydrogen-bond acceptors (Lipinski definition) is 5. The Hall–Kier alpha value is -2.18. The number of benzene rings is 1. The fraction of sp³-hybridized carbons (Fsp3) is 0.353. The van der Waals surface area contributed by atoms with Crippen LogP contribution in [0.5, 0.6) is 0 Å². The lowest BCUT2D eigenvalue weighted by molar-refractivity contribution is 0.122. The van der Waals surface area contributed by atoms with Crippen LogP contribution < -0.4 is 4.90 Å². The van der Waals surface area contributed by atoms with Gasteiger partial charge in [0.1, 0.15) is 5.15 Å². The number of ether oxygens (including phenoxy) is 1. The number of hydrogen-bond donors (Lipinski definition) is 0. The molecule has 0 spiro atoms. The third-order valence-electron chi connectivity index (χ3n) is 4.31. The highest BCUT2D eigenvalue weighted by Gasteiger charge is 2.16. The molecular formula is C17H18ClN5O. The minimum Gasteiger partial charge on any atom is -0.378 e. The van der Waals surface area contributed by atoms with E-state index in [4.69, 9.17) is 21.3 Å². The van der Waals surface area contributed by atoms with Crippen molar-refractivity contribution in [1.82, 2.24) is 19.7 Å². The van der Waals surface area contributed by atoms with E-state index < -0.39 is 0 Å². The smallest absolute Gasteiger partial charge is 0.227 e. The summed E-state index contributed by atoms with van der Waals surface area (Å²) >= 11 is 6.25. The van der Waals surface area contributed by atoms with Crippen LogP contribution in [0.15, 0.2) is 24.3 Å². The zero-order valence-corrected chi connectivity index (χ0v) is 14.4. The van der Waals surface area contributed by atoms with Gasteiger partial charge in [-0.05, 0) is 13.0 Å². The number of aryl methyl sites for hydroxylation is 2. The molecule has 1 aromatic carbocycles. The first kappa shape index (κ1) is 15.4. The molecule has 24 heavy (non-hydrogen) atoms. The molecule has 0 bridgehead atoms. The zero-order chi connectivity index (χ0) is 16.7. The van der Waals surface area contributed by atoms with Crippen molar-refractivity contribution in [3.8, 4) is 11.3 Å². The molecule has 0 amide bonds. The first-order valence-electron chi connectivity index (χ1n) is 7.93. The van der Waals surface area contributed by atoms with E-state index in [-0.39, 0.29) is 0 Å². The minimum absolute atomic E-state index is 0.447. The molecule has 6 nitrogen and oxygen atoms in total. The lowest BCUT2D eigenvalue weighted by atomic mass is 10.1. The molecule has 0 saturated carbocycles. The van der Waals surface area contributed by atoms with E-state index in [0.717, 1.165) is 40.9 Å². The van der Waals surface area contributed by atoms with Gasteiger partial charge in [0.2, 0.25) is 5.95 Å². The van der Waals surface area contributed by atoms with Crippen LogP contribution in [0.2, 0.25) is 5.15 Å². The molecule has 1 aliphatic heterocycles. The van der Waals surface area contributed by atoms with Gasteiger partial charge in [0, 0.05) is 37.2 Å². The summed E-state index contributed by atoms with van der Waals surface area (Å²) in [5.74, 6) is 0.655. The van der Waals surface area contributed by atoms with Crippen LogP contribution in [0.4, 0.5) is 5.95 Å². The van der Waals surface area contributed by atoms with Crippen molar-refractivity contribution in [2.75, 3.05) is 31.2 Å². The number of halogens is 1. The maximum Gasteiger partial charge on any atom is 0.227 e. The molecule has 4 rings (SSSR count). The molecule has 0 atom stereocenters. The number of morpholine rings is 1. The monoisotopic (exact) mass is 343 g/mol. The van der Waals surface area contributed by atoms with E-state index in [2.05, 4.69) is 33.2 Å². The Kier molecular flexibility index (Phi) is 3.86. The van der Waals surface area contributed by atoms with Crippen LogP contribution in [0, 0.1) is 6.92 Å². The normalized spacial score (nSPS) is 15.2. The van der Waals surface area contributed by atoms with Crippen LogP contribution in [-0.2, 0) is 11.8 Å². The van der Waals surface area contributed by atoms with Crippen molar-refractivity contribution in [3.63, 3.8) is 0 Å². The third kappa shape index (κ3) is 2.72. The van der Waals surface area contributed by atoms with E-state index in [1.165, 1.54) is 0 Å². The maximum absolute atomic E-state index is 6.25. The topological polar surface area (TPSA) is 56.1 Å². The number of rotatable bonds is 2. The molecule has 3 heterocycles. The van der Waals surface area contributed by atoms with Gasteiger partial charge in [0.05, 0.1) is 30.1 Å². The summed E-state index contributed by atoms with van der Waals surface area (Å²) < 4.78 is 7.28. The second-order valence-electron chi connectivity index (χ2n) is 5.92. The summed E-state index contributed by atoms with van der Waals surface area (Å²) in [4.78, 5) is 11.2. The number of aromatic nitrogens is 4. The van der Waals surface area contributed by atoms with Gasteiger partial charge in [-0.3, -0.25) is 4.68 Å². The SMILES string of the molecule is Cc1nn(C)c2cc(-c3cc(Cl)nc(N4CCOCC4)n3)ccc12. The van der Waals surface area contributed by atoms with Gasteiger partial charge in [-0.15, -0.1) is 0 Å². The molecule has 3 aromatic rings. The Labute approximate surface area is 145 Å². The van der Waals surface area contributed by atoms with Gasteiger partial charge in [0.15, 0.2) is 0 Å². The van der Waals surface area contributed by atoms with Crippen molar-refractivity contribution in [2.24, 2.45) is 7.05 Å². The largest absolute Gasteiger partial charge is 0.378 e. The van der Waals surface area contributed by atoms with Gasteiger partial charge in [-0.25, -0.2) is 9.97 Å². The van der Waals surface area contributed by atoms with Gasteiger partial charge < -0.3 is 9.64 Å². The average molecular weight is 344 g/mol. The summed E-state index contributed by atoms with van der Waals surface area (Å²) in [5, 5.41) is 6.06. The summed E-state index contributed by atoms with van der Waals surface area (Å²) in [6, 6.07) is 8.03. The quantitative estimate of drug-likeness (QED) is 0.670. The van der Waals surface area contributed by atoms with E-state index in [1.807, 2.05) is 18.7 Å². The predicted octanol–water partition coefficient (Wildman–Crippen LogP) is 2.83. The van der Waals surface area contributed by atoms with Crippen molar-refractivity contribution >= 4 is 28.5 Å². The van der Waals surface area contributed by atoms with E-state index >= 15 is 0 Å². The highest BCUT2D eigenvalue weighted by atomic mass is 35.5. The van der Waals surface area contributed by atoms with E-state index in [9.17, 15) is 0 Å². The van der Waals surface area contributed by atoms with Crippen molar-refractivity contribution < 1.29 is 4.74 Å².